The van der Waals surface area contributed by atoms with Crippen LogP contribution in [0.2, 0.25) is 0 Å². The molecular formula is C11H21O7P. The highest BCUT2D eigenvalue weighted by atomic mass is 31.2. The van der Waals surface area contributed by atoms with Crippen molar-refractivity contribution >= 4 is 19.6 Å². The van der Waals surface area contributed by atoms with Gasteiger partial charge in [-0.1, -0.05) is 20.3 Å². The first-order chi connectivity index (χ1) is 8.93. The number of ketones is 1. The van der Waals surface area contributed by atoms with Crippen LogP contribution in [0.5, 0.6) is 0 Å². The fraction of sp³-hybridized carbons (Fsp3) is 0.818. The van der Waals surface area contributed by atoms with Gasteiger partial charge in [0.2, 0.25) is 5.78 Å². The molecule has 0 amide bonds. The van der Waals surface area contributed by atoms with Gasteiger partial charge >= 0.3 is 13.8 Å². The standard InChI is InChI=1S/C11H21O7P/c1-3-5-8-17-19(14,15)18-9-6-7-16-11(13)10(12)4-2/h3-9H2,1-2H3,(H,14,15). The second-order valence-electron chi connectivity index (χ2n) is 3.75. The van der Waals surface area contributed by atoms with Crippen LogP contribution in [0.25, 0.3) is 0 Å². The van der Waals surface area contributed by atoms with E-state index in [1.54, 1.807) is 6.92 Å². The second-order valence-corrected chi connectivity index (χ2v) is 5.21. The normalized spacial score (nSPS) is 13.8. The van der Waals surface area contributed by atoms with Gasteiger partial charge in [0.15, 0.2) is 0 Å². The van der Waals surface area contributed by atoms with Crippen LogP contribution < -0.4 is 0 Å². The Kier molecular flexibility index (Phi) is 9.69. The van der Waals surface area contributed by atoms with Gasteiger partial charge in [0.25, 0.3) is 0 Å². The maximum absolute atomic E-state index is 11.3. The number of esters is 1. The monoisotopic (exact) mass is 296 g/mol. The summed E-state index contributed by atoms with van der Waals surface area (Å²) in [6.07, 6.45) is 1.82. The van der Waals surface area contributed by atoms with E-state index in [4.69, 9.17) is 0 Å². The summed E-state index contributed by atoms with van der Waals surface area (Å²) >= 11 is 0. The van der Waals surface area contributed by atoms with Crippen molar-refractivity contribution in [2.45, 2.75) is 39.5 Å². The second kappa shape index (κ2) is 10.1. The van der Waals surface area contributed by atoms with Gasteiger partial charge in [-0.3, -0.25) is 13.8 Å². The molecule has 112 valence electrons. The molecule has 0 saturated heterocycles. The number of carbonyl (C=O) groups is 2. The number of hydrogen-bond acceptors (Lipinski definition) is 6. The molecule has 0 bridgehead atoms. The van der Waals surface area contributed by atoms with Crippen molar-refractivity contribution in [3.8, 4) is 0 Å². The first-order valence-corrected chi connectivity index (χ1v) is 7.74. The predicted octanol–water partition coefficient (Wildman–Crippen LogP) is 1.83. The first-order valence-electron chi connectivity index (χ1n) is 6.24. The summed E-state index contributed by atoms with van der Waals surface area (Å²) in [4.78, 5) is 31.1. The van der Waals surface area contributed by atoms with Crippen molar-refractivity contribution in [3.63, 3.8) is 0 Å². The maximum atomic E-state index is 11.3. The molecule has 0 aliphatic rings. The minimum atomic E-state index is -4.02. The minimum absolute atomic E-state index is 0.0421. The SMILES string of the molecule is CCCCOP(=O)(O)OCCCOC(=O)C(=O)CC. The summed E-state index contributed by atoms with van der Waals surface area (Å²) in [6.45, 7) is 3.51. The number of unbranched alkanes of at least 4 members (excludes halogenated alkanes) is 1. The Morgan fingerprint density at radius 1 is 1.05 bits per heavy atom. The molecule has 0 aliphatic carbocycles. The molecular weight excluding hydrogens is 275 g/mol. The Morgan fingerprint density at radius 3 is 2.16 bits per heavy atom. The van der Waals surface area contributed by atoms with E-state index in [1.165, 1.54) is 0 Å². The van der Waals surface area contributed by atoms with Crippen LogP contribution in [0.3, 0.4) is 0 Å². The number of phosphoric ester groups is 1. The molecule has 0 fully saturated rings. The van der Waals surface area contributed by atoms with E-state index in [1.807, 2.05) is 6.92 Å². The maximum Gasteiger partial charge on any atom is 0.472 e. The summed E-state index contributed by atoms with van der Waals surface area (Å²) < 4.78 is 25.3. The Morgan fingerprint density at radius 2 is 1.63 bits per heavy atom. The summed E-state index contributed by atoms with van der Waals surface area (Å²) in [7, 11) is -4.02. The number of Topliss-reactive ketones (excluding diaryl/α,β-unsaturated/α-hetero) is 1. The van der Waals surface area contributed by atoms with Crippen molar-refractivity contribution in [2.75, 3.05) is 19.8 Å². The van der Waals surface area contributed by atoms with E-state index in [2.05, 4.69) is 13.8 Å². The van der Waals surface area contributed by atoms with Crippen LogP contribution in [0.1, 0.15) is 39.5 Å². The van der Waals surface area contributed by atoms with Crippen LogP contribution in [0.15, 0.2) is 0 Å². The van der Waals surface area contributed by atoms with E-state index in [0.29, 0.717) is 6.42 Å². The quantitative estimate of drug-likeness (QED) is 0.269. The minimum Gasteiger partial charge on any atom is -0.460 e. The van der Waals surface area contributed by atoms with Crippen molar-refractivity contribution in [3.05, 3.63) is 0 Å². The molecule has 1 N–H and O–H groups in total. The number of hydrogen-bond donors (Lipinski definition) is 1. The lowest BCUT2D eigenvalue weighted by Crippen LogP contribution is -2.17. The van der Waals surface area contributed by atoms with Gasteiger partial charge in [-0.05, 0) is 6.42 Å². The van der Waals surface area contributed by atoms with Crippen LogP contribution in [-0.4, -0.2) is 36.5 Å². The van der Waals surface area contributed by atoms with E-state index in [-0.39, 0.29) is 32.7 Å². The third kappa shape index (κ3) is 9.78. The van der Waals surface area contributed by atoms with Gasteiger partial charge in [-0.15, -0.1) is 0 Å². The predicted molar refractivity (Wildman–Crippen MR) is 67.5 cm³/mol. The first kappa shape index (κ1) is 18.2. The molecule has 7 nitrogen and oxygen atoms in total. The Labute approximate surface area is 112 Å². The van der Waals surface area contributed by atoms with E-state index in [9.17, 15) is 19.0 Å². The zero-order valence-electron chi connectivity index (χ0n) is 11.3. The molecule has 19 heavy (non-hydrogen) atoms. The molecule has 0 aromatic rings. The summed E-state index contributed by atoms with van der Waals surface area (Å²) in [5.41, 5.74) is 0. The lowest BCUT2D eigenvalue weighted by atomic mass is 10.3. The number of ether oxygens (including phenoxy) is 1. The average Bonchev–Trinajstić information content (AvgIpc) is 2.37. The van der Waals surface area contributed by atoms with Crippen molar-refractivity contribution in [2.24, 2.45) is 0 Å². The number of rotatable bonds is 11. The summed E-state index contributed by atoms with van der Waals surface area (Å²) in [5, 5.41) is 0. The smallest absolute Gasteiger partial charge is 0.460 e. The molecule has 0 radical (unpaired) electrons. The van der Waals surface area contributed by atoms with Crippen molar-refractivity contribution in [1.29, 1.82) is 0 Å². The summed E-state index contributed by atoms with van der Waals surface area (Å²) in [5.74, 6) is -1.49. The van der Waals surface area contributed by atoms with Gasteiger partial charge in [0.1, 0.15) is 0 Å². The number of phosphoric acid groups is 1. The highest BCUT2D eigenvalue weighted by Gasteiger charge is 2.20. The molecule has 0 saturated carbocycles. The molecule has 1 atom stereocenters. The largest absolute Gasteiger partial charge is 0.472 e. The van der Waals surface area contributed by atoms with Gasteiger partial charge in [0.05, 0.1) is 19.8 Å². The fourth-order valence-corrected chi connectivity index (χ4v) is 1.78. The van der Waals surface area contributed by atoms with Gasteiger partial charge in [-0.2, -0.15) is 0 Å². The molecule has 0 aromatic heterocycles. The van der Waals surface area contributed by atoms with Crippen LogP contribution in [-0.2, 0) is 27.9 Å². The third-order valence-corrected chi connectivity index (χ3v) is 3.10. The number of carbonyl (C=O) groups excluding carboxylic acids is 2. The molecule has 0 aliphatic heterocycles. The van der Waals surface area contributed by atoms with Crippen LogP contribution >= 0.6 is 7.82 Å². The molecule has 0 rings (SSSR count). The van der Waals surface area contributed by atoms with Gasteiger partial charge < -0.3 is 9.63 Å². The molecule has 0 aromatic carbocycles. The Bertz CT molecular complexity index is 329. The average molecular weight is 296 g/mol. The van der Waals surface area contributed by atoms with Crippen molar-refractivity contribution in [1.82, 2.24) is 0 Å². The zero-order chi connectivity index (χ0) is 14.7. The fourth-order valence-electron chi connectivity index (χ4n) is 0.990. The lowest BCUT2D eigenvalue weighted by molar-refractivity contribution is -0.153. The molecule has 0 spiro atoms. The van der Waals surface area contributed by atoms with Gasteiger partial charge in [-0.25, -0.2) is 9.36 Å². The van der Waals surface area contributed by atoms with E-state index >= 15 is 0 Å². The van der Waals surface area contributed by atoms with E-state index in [0.717, 1.165) is 6.42 Å². The highest BCUT2D eigenvalue weighted by Crippen LogP contribution is 2.43. The van der Waals surface area contributed by atoms with E-state index < -0.39 is 19.6 Å². The van der Waals surface area contributed by atoms with Gasteiger partial charge in [0, 0.05) is 12.8 Å². The summed E-state index contributed by atoms with van der Waals surface area (Å²) in [6, 6.07) is 0. The highest BCUT2D eigenvalue weighted by molar-refractivity contribution is 7.47. The Hall–Kier alpha value is -0.750. The van der Waals surface area contributed by atoms with Crippen molar-refractivity contribution < 1.29 is 32.8 Å². The van der Waals surface area contributed by atoms with Crippen LogP contribution in [0, 0.1) is 0 Å². The lowest BCUT2D eigenvalue weighted by Gasteiger charge is -2.11. The molecule has 8 heteroatoms. The topological polar surface area (TPSA) is 99.1 Å². The molecule has 1 unspecified atom stereocenters. The third-order valence-electron chi connectivity index (χ3n) is 2.08. The zero-order valence-corrected chi connectivity index (χ0v) is 12.2. The van der Waals surface area contributed by atoms with Crippen LogP contribution in [0.4, 0.5) is 0 Å². The molecule has 0 heterocycles. The Balaban J connectivity index is 3.65.